The molecule has 0 aliphatic heterocycles. The van der Waals surface area contributed by atoms with Crippen molar-refractivity contribution in [3.05, 3.63) is 76.7 Å². The SMILES string of the molecule is CCc1ccccc1NC(=O)C[C@H](c1cccs1)n1cccc1. The number of carbonyl (C=O) groups is 1. The second kappa shape index (κ2) is 7.29. The van der Waals surface area contributed by atoms with Crippen LogP contribution >= 0.6 is 11.3 Å². The van der Waals surface area contributed by atoms with Crippen LogP contribution in [0.2, 0.25) is 0 Å². The highest BCUT2D eigenvalue weighted by Crippen LogP contribution is 2.27. The molecule has 2 heterocycles. The third-order valence-electron chi connectivity index (χ3n) is 3.91. The lowest BCUT2D eigenvalue weighted by molar-refractivity contribution is -0.116. The number of amides is 1. The number of thiophene rings is 1. The van der Waals surface area contributed by atoms with Gasteiger partial charge in [-0.1, -0.05) is 31.2 Å². The molecule has 118 valence electrons. The maximum Gasteiger partial charge on any atom is 0.226 e. The molecule has 0 saturated carbocycles. The molecule has 3 nitrogen and oxygen atoms in total. The summed E-state index contributed by atoms with van der Waals surface area (Å²) in [5, 5.41) is 5.12. The van der Waals surface area contributed by atoms with Crippen molar-refractivity contribution in [2.45, 2.75) is 25.8 Å². The van der Waals surface area contributed by atoms with Crippen molar-refractivity contribution < 1.29 is 4.79 Å². The average Bonchev–Trinajstić information content (AvgIpc) is 3.27. The predicted octanol–water partition coefficient (Wildman–Crippen LogP) is 4.73. The van der Waals surface area contributed by atoms with Gasteiger partial charge in [0, 0.05) is 23.0 Å². The normalized spacial score (nSPS) is 12.0. The minimum Gasteiger partial charge on any atom is -0.346 e. The van der Waals surface area contributed by atoms with Crippen LogP contribution in [0.5, 0.6) is 0 Å². The summed E-state index contributed by atoms with van der Waals surface area (Å²) in [4.78, 5) is 13.8. The second-order valence-electron chi connectivity index (χ2n) is 5.42. The van der Waals surface area contributed by atoms with Crippen LogP contribution in [0.3, 0.4) is 0 Å². The number of benzene rings is 1. The predicted molar refractivity (Wildman–Crippen MR) is 96.0 cm³/mol. The van der Waals surface area contributed by atoms with E-state index in [0.29, 0.717) is 6.42 Å². The summed E-state index contributed by atoms with van der Waals surface area (Å²) in [5.41, 5.74) is 2.08. The molecule has 2 aromatic heterocycles. The van der Waals surface area contributed by atoms with Gasteiger partial charge in [0.25, 0.3) is 0 Å². The van der Waals surface area contributed by atoms with E-state index in [1.165, 1.54) is 4.88 Å². The van der Waals surface area contributed by atoms with Gasteiger partial charge in [-0.3, -0.25) is 4.79 Å². The first-order chi connectivity index (χ1) is 11.3. The van der Waals surface area contributed by atoms with Crippen LogP contribution in [0.4, 0.5) is 5.69 Å². The molecule has 1 N–H and O–H groups in total. The van der Waals surface area contributed by atoms with Gasteiger partial charge in [0.15, 0.2) is 0 Å². The van der Waals surface area contributed by atoms with Crippen LogP contribution in [0, 0.1) is 0 Å². The van der Waals surface area contributed by atoms with Crippen molar-refractivity contribution in [1.82, 2.24) is 4.57 Å². The Morgan fingerprint density at radius 1 is 1.13 bits per heavy atom. The molecule has 0 bridgehead atoms. The summed E-state index contributed by atoms with van der Waals surface area (Å²) >= 11 is 1.68. The van der Waals surface area contributed by atoms with Crippen LogP contribution in [0.25, 0.3) is 0 Å². The molecule has 1 amide bonds. The number of aromatic nitrogens is 1. The Kier molecular flexibility index (Phi) is 4.93. The molecule has 0 fully saturated rings. The molecule has 4 heteroatoms. The molecule has 3 rings (SSSR count). The number of nitrogens with one attached hydrogen (secondary N) is 1. The average molecular weight is 324 g/mol. The second-order valence-corrected chi connectivity index (χ2v) is 6.40. The molecule has 1 aromatic carbocycles. The van der Waals surface area contributed by atoms with Crippen molar-refractivity contribution >= 4 is 22.9 Å². The number of hydrogen-bond donors (Lipinski definition) is 1. The highest BCUT2D eigenvalue weighted by molar-refractivity contribution is 7.10. The zero-order chi connectivity index (χ0) is 16.1. The van der Waals surface area contributed by atoms with E-state index in [1.807, 2.05) is 48.8 Å². The fraction of sp³-hybridized carbons (Fsp3) is 0.211. The molecule has 3 aromatic rings. The first kappa shape index (κ1) is 15.6. The zero-order valence-corrected chi connectivity index (χ0v) is 13.9. The van der Waals surface area contributed by atoms with E-state index in [0.717, 1.165) is 17.7 Å². The minimum absolute atomic E-state index is 0.0398. The third-order valence-corrected chi connectivity index (χ3v) is 4.88. The highest BCUT2D eigenvalue weighted by Gasteiger charge is 2.18. The maximum atomic E-state index is 12.6. The van der Waals surface area contributed by atoms with Gasteiger partial charge in [0.05, 0.1) is 12.5 Å². The van der Waals surface area contributed by atoms with E-state index >= 15 is 0 Å². The number of aryl methyl sites for hydroxylation is 1. The molecule has 0 saturated heterocycles. The first-order valence-electron chi connectivity index (χ1n) is 7.81. The third kappa shape index (κ3) is 3.71. The van der Waals surface area contributed by atoms with E-state index in [9.17, 15) is 4.79 Å². The summed E-state index contributed by atoms with van der Waals surface area (Å²) in [7, 11) is 0. The van der Waals surface area contributed by atoms with Crippen molar-refractivity contribution in [2.24, 2.45) is 0 Å². The van der Waals surface area contributed by atoms with Gasteiger partial charge >= 0.3 is 0 Å². The molecule has 0 unspecified atom stereocenters. The smallest absolute Gasteiger partial charge is 0.226 e. The molecule has 0 aliphatic rings. The molecule has 23 heavy (non-hydrogen) atoms. The van der Waals surface area contributed by atoms with Crippen LogP contribution in [-0.4, -0.2) is 10.5 Å². The summed E-state index contributed by atoms with van der Waals surface area (Å²) in [6.45, 7) is 2.10. The first-order valence-corrected chi connectivity index (χ1v) is 8.69. The van der Waals surface area contributed by atoms with Gasteiger partial charge < -0.3 is 9.88 Å². The number of anilines is 1. The van der Waals surface area contributed by atoms with Gasteiger partial charge in [0.2, 0.25) is 5.91 Å². The van der Waals surface area contributed by atoms with E-state index in [2.05, 4.69) is 34.3 Å². The number of nitrogens with zero attached hydrogens (tertiary/aromatic N) is 1. The van der Waals surface area contributed by atoms with Crippen LogP contribution in [-0.2, 0) is 11.2 Å². The van der Waals surface area contributed by atoms with E-state index in [1.54, 1.807) is 11.3 Å². The van der Waals surface area contributed by atoms with Crippen molar-refractivity contribution in [1.29, 1.82) is 0 Å². The standard InChI is InChI=1S/C19H20N2OS/c1-2-15-8-3-4-9-16(15)20-19(22)14-17(18-10-7-13-23-18)21-11-5-6-12-21/h3-13,17H,2,14H2,1H3,(H,20,22)/t17-/m1/s1. The van der Waals surface area contributed by atoms with Gasteiger partial charge in [0.1, 0.15) is 0 Å². The molecule has 0 spiro atoms. The quantitative estimate of drug-likeness (QED) is 0.699. The van der Waals surface area contributed by atoms with Gasteiger partial charge in [-0.2, -0.15) is 0 Å². The molecule has 0 radical (unpaired) electrons. The fourth-order valence-corrected chi connectivity index (χ4v) is 3.55. The highest BCUT2D eigenvalue weighted by atomic mass is 32.1. The fourth-order valence-electron chi connectivity index (χ4n) is 2.72. The van der Waals surface area contributed by atoms with Gasteiger partial charge in [-0.15, -0.1) is 11.3 Å². The Bertz CT molecular complexity index is 713. The number of carbonyl (C=O) groups excluding carboxylic acids is 1. The van der Waals surface area contributed by atoms with Crippen LogP contribution in [0.15, 0.2) is 66.3 Å². The Balaban J connectivity index is 1.77. The summed E-state index contributed by atoms with van der Waals surface area (Å²) in [6.07, 6.45) is 5.35. The Hall–Kier alpha value is -2.33. The van der Waals surface area contributed by atoms with Crippen molar-refractivity contribution in [3.63, 3.8) is 0 Å². The van der Waals surface area contributed by atoms with E-state index in [-0.39, 0.29) is 11.9 Å². The molecular formula is C19H20N2OS. The summed E-state index contributed by atoms with van der Waals surface area (Å²) in [5.74, 6) is 0.0398. The van der Waals surface area contributed by atoms with E-state index < -0.39 is 0 Å². The molecular weight excluding hydrogens is 304 g/mol. The lowest BCUT2D eigenvalue weighted by Crippen LogP contribution is -2.19. The monoisotopic (exact) mass is 324 g/mol. The largest absolute Gasteiger partial charge is 0.346 e. The number of rotatable bonds is 6. The van der Waals surface area contributed by atoms with Crippen molar-refractivity contribution in [3.8, 4) is 0 Å². The minimum atomic E-state index is 0.0398. The van der Waals surface area contributed by atoms with E-state index in [4.69, 9.17) is 0 Å². The number of hydrogen-bond acceptors (Lipinski definition) is 2. The Labute approximate surface area is 140 Å². The van der Waals surface area contributed by atoms with Gasteiger partial charge in [-0.05, 0) is 41.6 Å². The summed E-state index contributed by atoms with van der Waals surface area (Å²) in [6, 6.07) is 16.1. The summed E-state index contributed by atoms with van der Waals surface area (Å²) < 4.78 is 2.09. The maximum absolute atomic E-state index is 12.6. The number of para-hydroxylation sites is 1. The Morgan fingerprint density at radius 3 is 2.61 bits per heavy atom. The Morgan fingerprint density at radius 2 is 1.91 bits per heavy atom. The van der Waals surface area contributed by atoms with Crippen LogP contribution in [0.1, 0.15) is 29.8 Å². The zero-order valence-electron chi connectivity index (χ0n) is 13.1. The topological polar surface area (TPSA) is 34.0 Å². The lowest BCUT2D eigenvalue weighted by Gasteiger charge is -2.18. The van der Waals surface area contributed by atoms with Gasteiger partial charge in [-0.25, -0.2) is 0 Å². The molecule has 1 atom stereocenters. The lowest BCUT2D eigenvalue weighted by atomic mass is 10.1. The van der Waals surface area contributed by atoms with Crippen LogP contribution < -0.4 is 5.32 Å². The van der Waals surface area contributed by atoms with Crippen molar-refractivity contribution in [2.75, 3.05) is 5.32 Å². The molecule has 0 aliphatic carbocycles.